The van der Waals surface area contributed by atoms with Crippen molar-refractivity contribution < 1.29 is 0 Å². The first-order chi connectivity index (χ1) is 9.42. The van der Waals surface area contributed by atoms with E-state index in [2.05, 4.69) is 75.2 Å². The Morgan fingerprint density at radius 1 is 1.25 bits per heavy atom. The zero-order chi connectivity index (χ0) is 14.8. The van der Waals surface area contributed by atoms with Gasteiger partial charge in [-0.2, -0.15) is 0 Å². The smallest absolute Gasteiger partial charge is 0.0535 e. The molecule has 0 spiro atoms. The zero-order valence-corrected chi connectivity index (χ0v) is 13.7. The summed E-state index contributed by atoms with van der Waals surface area (Å²) in [6.45, 7) is 15.1. The summed E-state index contributed by atoms with van der Waals surface area (Å²) >= 11 is 0. The molecule has 1 aromatic carbocycles. The molecule has 0 amide bonds. The molecule has 1 fully saturated rings. The third-order valence-electron chi connectivity index (χ3n) is 5.00. The molecular weight excluding hydrogens is 244 g/mol. The van der Waals surface area contributed by atoms with Gasteiger partial charge in [-0.1, -0.05) is 51.1 Å². The van der Waals surface area contributed by atoms with Crippen LogP contribution in [0.1, 0.15) is 40.2 Å². The molecular formula is C18H30N2. The minimum Gasteiger partial charge on any atom is -0.305 e. The van der Waals surface area contributed by atoms with Crippen LogP contribution in [0.25, 0.3) is 0 Å². The van der Waals surface area contributed by atoms with Crippen LogP contribution >= 0.6 is 0 Å². The summed E-state index contributed by atoms with van der Waals surface area (Å²) < 4.78 is 0. The highest BCUT2D eigenvalue weighted by atomic mass is 15.2. The number of hydrogen-bond acceptors (Lipinski definition) is 2. The van der Waals surface area contributed by atoms with Gasteiger partial charge in [0.2, 0.25) is 0 Å². The molecule has 3 atom stereocenters. The average Bonchev–Trinajstić information content (AvgIpc) is 2.44. The molecule has 1 saturated heterocycles. The van der Waals surface area contributed by atoms with Crippen LogP contribution in [0, 0.1) is 11.8 Å². The lowest BCUT2D eigenvalue weighted by Gasteiger charge is -2.46. The molecule has 0 aromatic heterocycles. The molecule has 3 unspecified atom stereocenters. The maximum atomic E-state index is 3.75. The van der Waals surface area contributed by atoms with Gasteiger partial charge in [-0.15, -0.1) is 0 Å². The van der Waals surface area contributed by atoms with Gasteiger partial charge < -0.3 is 5.32 Å². The van der Waals surface area contributed by atoms with Crippen LogP contribution in [-0.2, 0) is 5.54 Å². The summed E-state index contributed by atoms with van der Waals surface area (Å²) in [6.07, 6.45) is 0. The van der Waals surface area contributed by atoms with E-state index >= 15 is 0 Å². The lowest BCUT2D eigenvalue weighted by molar-refractivity contribution is 0.0740. The molecule has 1 N–H and O–H groups in total. The monoisotopic (exact) mass is 274 g/mol. The Bertz CT molecular complexity index is 415. The molecule has 0 bridgehead atoms. The average molecular weight is 274 g/mol. The Labute approximate surface area is 124 Å². The van der Waals surface area contributed by atoms with E-state index < -0.39 is 0 Å². The second-order valence-corrected chi connectivity index (χ2v) is 7.08. The van der Waals surface area contributed by atoms with Crippen LogP contribution in [0.4, 0.5) is 0 Å². The van der Waals surface area contributed by atoms with Gasteiger partial charge in [0.05, 0.1) is 5.54 Å². The molecule has 0 radical (unpaired) electrons. The van der Waals surface area contributed by atoms with Crippen molar-refractivity contribution in [3.05, 3.63) is 35.9 Å². The Kier molecular flexibility index (Phi) is 4.87. The summed E-state index contributed by atoms with van der Waals surface area (Å²) in [5, 5.41) is 3.75. The summed E-state index contributed by atoms with van der Waals surface area (Å²) in [6, 6.07) is 11.5. The van der Waals surface area contributed by atoms with Gasteiger partial charge in [0.25, 0.3) is 0 Å². The van der Waals surface area contributed by atoms with E-state index in [-0.39, 0.29) is 5.54 Å². The fourth-order valence-electron chi connectivity index (χ4n) is 2.94. The van der Waals surface area contributed by atoms with Gasteiger partial charge in [-0.3, -0.25) is 4.90 Å². The van der Waals surface area contributed by atoms with Crippen LogP contribution in [0.2, 0.25) is 0 Å². The molecule has 1 heterocycles. The number of hydrogen-bond donors (Lipinski definition) is 1. The van der Waals surface area contributed by atoms with E-state index in [1.807, 2.05) is 0 Å². The first-order valence-electron chi connectivity index (χ1n) is 7.97. The topological polar surface area (TPSA) is 15.3 Å². The van der Waals surface area contributed by atoms with Gasteiger partial charge in [-0.25, -0.2) is 0 Å². The molecule has 112 valence electrons. The maximum Gasteiger partial charge on any atom is 0.0535 e. The van der Waals surface area contributed by atoms with E-state index in [0.29, 0.717) is 6.04 Å². The van der Waals surface area contributed by atoms with Gasteiger partial charge in [0.1, 0.15) is 0 Å². The van der Waals surface area contributed by atoms with Crippen LogP contribution in [0.3, 0.4) is 0 Å². The summed E-state index contributed by atoms with van der Waals surface area (Å²) in [5.74, 6) is 1.50. The number of nitrogens with zero attached hydrogens (tertiary/aromatic N) is 1. The van der Waals surface area contributed by atoms with Crippen molar-refractivity contribution in [2.75, 3.05) is 19.6 Å². The number of piperazine rings is 1. The molecule has 1 aliphatic heterocycles. The number of benzene rings is 1. The molecule has 2 heteroatoms. The number of rotatable bonds is 4. The summed E-state index contributed by atoms with van der Waals surface area (Å²) in [7, 11) is 0. The zero-order valence-electron chi connectivity index (χ0n) is 13.7. The predicted molar refractivity (Wildman–Crippen MR) is 86.8 cm³/mol. The van der Waals surface area contributed by atoms with Crippen molar-refractivity contribution >= 4 is 0 Å². The quantitative estimate of drug-likeness (QED) is 0.904. The normalized spacial score (nSPS) is 29.6. The van der Waals surface area contributed by atoms with Gasteiger partial charge >= 0.3 is 0 Å². The van der Waals surface area contributed by atoms with Crippen molar-refractivity contribution in [2.24, 2.45) is 11.8 Å². The van der Waals surface area contributed by atoms with E-state index in [9.17, 15) is 0 Å². The third-order valence-corrected chi connectivity index (χ3v) is 5.00. The Hall–Kier alpha value is -0.860. The molecule has 1 aromatic rings. The summed E-state index contributed by atoms with van der Waals surface area (Å²) in [5.41, 5.74) is 1.47. The van der Waals surface area contributed by atoms with Crippen LogP contribution < -0.4 is 5.32 Å². The van der Waals surface area contributed by atoms with Crippen molar-refractivity contribution in [3.63, 3.8) is 0 Å². The molecule has 20 heavy (non-hydrogen) atoms. The minimum absolute atomic E-state index is 0.0739. The van der Waals surface area contributed by atoms with Crippen LogP contribution in [0.5, 0.6) is 0 Å². The molecule has 2 nitrogen and oxygen atoms in total. The summed E-state index contributed by atoms with van der Waals surface area (Å²) in [4.78, 5) is 2.66. The Morgan fingerprint density at radius 2 is 1.90 bits per heavy atom. The Balaban J connectivity index is 2.11. The second-order valence-electron chi connectivity index (χ2n) is 7.08. The van der Waals surface area contributed by atoms with E-state index in [0.717, 1.165) is 24.9 Å². The Morgan fingerprint density at radius 3 is 2.50 bits per heavy atom. The van der Waals surface area contributed by atoms with Crippen molar-refractivity contribution in [1.82, 2.24) is 10.2 Å². The lowest BCUT2D eigenvalue weighted by Crippen LogP contribution is -2.61. The predicted octanol–water partition coefficient (Wildman–Crippen LogP) is 3.49. The standard InChI is InChI=1S/C18H30N2/c1-14(2)15(3)12-20-13-18(5,19-11-16(20)4)17-9-7-6-8-10-17/h6-10,14-16,19H,11-13H2,1-5H3. The van der Waals surface area contributed by atoms with Crippen LogP contribution in [-0.4, -0.2) is 30.6 Å². The highest BCUT2D eigenvalue weighted by Gasteiger charge is 2.35. The molecule has 0 aliphatic carbocycles. The second kappa shape index (κ2) is 6.28. The maximum absolute atomic E-state index is 3.75. The highest BCUT2D eigenvalue weighted by Crippen LogP contribution is 2.27. The largest absolute Gasteiger partial charge is 0.305 e. The fraction of sp³-hybridized carbons (Fsp3) is 0.667. The van der Waals surface area contributed by atoms with Crippen molar-refractivity contribution in [3.8, 4) is 0 Å². The lowest BCUT2D eigenvalue weighted by atomic mass is 9.87. The SMILES string of the molecule is CC(C)C(C)CN1CC(C)(c2ccccc2)NCC1C. The van der Waals surface area contributed by atoms with Gasteiger partial charge in [0.15, 0.2) is 0 Å². The third kappa shape index (κ3) is 3.42. The highest BCUT2D eigenvalue weighted by molar-refractivity contribution is 5.25. The first-order valence-corrected chi connectivity index (χ1v) is 7.97. The van der Waals surface area contributed by atoms with Crippen molar-refractivity contribution in [1.29, 1.82) is 0 Å². The minimum atomic E-state index is 0.0739. The molecule has 2 rings (SSSR count). The van der Waals surface area contributed by atoms with Gasteiger partial charge in [-0.05, 0) is 31.2 Å². The number of nitrogens with one attached hydrogen (secondary N) is 1. The van der Waals surface area contributed by atoms with E-state index in [1.165, 1.54) is 12.1 Å². The van der Waals surface area contributed by atoms with E-state index in [4.69, 9.17) is 0 Å². The van der Waals surface area contributed by atoms with Gasteiger partial charge in [0, 0.05) is 25.7 Å². The fourth-order valence-corrected chi connectivity index (χ4v) is 2.94. The van der Waals surface area contributed by atoms with E-state index in [1.54, 1.807) is 0 Å². The molecule has 0 saturated carbocycles. The van der Waals surface area contributed by atoms with Crippen molar-refractivity contribution in [2.45, 2.75) is 46.2 Å². The van der Waals surface area contributed by atoms with Crippen LogP contribution in [0.15, 0.2) is 30.3 Å². The first kappa shape index (κ1) is 15.5. The molecule has 1 aliphatic rings.